The predicted octanol–water partition coefficient (Wildman–Crippen LogP) is 3.25. The number of carbonyl (C=O) groups excluding carboxylic acids is 1. The number of halogens is 1. The van der Waals surface area contributed by atoms with E-state index in [-0.39, 0.29) is 5.56 Å². The number of aromatic nitrogens is 2. The number of aldehydes is 1. The van der Waals surface area contributed by atoms with Gasteiger partial charge in [-0.05, 0) is 49.7 Å². The van der Waals surface area contributed by atoms with E-state index in [1.54, 1.807) is 16.9 Å². The molecule has 0 amide bonds. The molecule has 0 radical (unpaired) electrons. The molecule has 4 rings (SSSR count). The quantitative estimate of drug-likeness (QED) is 0.195. The number of nitrogens with one attached hydrogen (secondary N) is 1. The smallest absolute Gasteiger partial charge is 0.201 e. The molecule has 9 heteroatoms. The summed E-state index contributed by atoms with van der Waals surface area (Å²) in [7, 11) is 7.63. The minimum atomic E-state index is -0.656. The van der Waals surface area contributed by atoms with Gasteiger partial charge in [0, 0.05) is 56.8 Å². The van der Waals surface area contributed by atoms with Crippen LogP contribution in [0, 0.1) is 17.1 Å². The van der Waals surface area contributed by atoms with E-state index in [1.165, 1.54) is 12.1 Å². The number of aryl methyl sites for hydroxylation is 1. The second kappa shape index (κ2) is 10.7. The lowest BCUT2D eigenvalue weighted by Gasteiger charge is -2.36. The summed E-state index contributed by atoms with van der Waals surface area (Å²) in [4.78, 5) is 21.6. The number of allylic oxidation sites excluding steroid dienone is 1. The molecule has 1 fully saturated rings. The molecule has 1 aromatic heterocycles. The van der Waals surface area contributed by atoms with E-state index < -0.39 is 5.82 Å². The summed E-state index contributed by atoms with van der Waals surface area (Å²) in [6.07, 6.45) is 4.42. The fraction of sp³-hybridized carbons (Fsp3) is 0.333. The third kappa shape index (κ3) is 4.99. The van der Waals surface area contributed by atoms with Crippen molar-refractivity contribution in [2.75, 3.05) is 34.2 Å². The molecule has 1 aliphatic heterocycles. The van der Waals surface area contributed by atoms with Gasteiger partial charge in [-0.1, -0.05) is 12.1 Å². The molecule has 0 bridgehead atoms. The van der Waals surface area contributed by atoms with Gasteiger partial charge >= 0.3 is 0 Å². The van der Waals surface area contributed by atoms with Crippen molar-refractivity contribution in [2.45, 2.75) is 18.9 Å². The molecule has 3 aromatic rings. The summed E-state index contributed by atoms with van der Waals surface area (Å²) in [5.74, 6) is 0.0306. The van der Waals surface area contributed by atoms with Crippen LogP contribution in [0.15, 0.2) is 47.6 Å². The van der Waals surface area contributed by atoms with Crippen molar-refractivity contribution in [3.63, 3.8) is 0 Å². The number of fused-ring (bicyclic) bond motifs is 1. The van der Waals surface area contributed by atoms with E-state index in [4.69, 9.17) is 4.99 Å². The van der Waals surface area contributed by atoms with Gasteiger partial charge in [0.1, 0.15) is 11.9 Å². The summed E-state index contributed by atoms with van der Waals surface area (Å²) in [5, 5.41) is 17.7. The van der Waals surface area contributed by atoms with Crippen molar-refractivity contribution in [3.8, 4) is 6.07 Å². The lowest BCUT2D eigenvalue weighted by Crippen LogP contribution is -2.48. The van der Waals surface area contributed by atoms with Gasteiger partial charge in [0.05, 0.1) is 23.0 Å². The maximum Gasteiger partial charge on any atom is 0.201 e. The topological polar surface area (TPSA) is 89.5 Å². The first kappa shape index (κ1) is 25.1. The summed E-state index contributed by atoms with van der Waals surface area (Å²) in [6.45, 7) is 1.60. The molecule has 36 heavy (non-hydrogen) atoms. The molecule has 8 nitrogen and oxygen atoms in total. The van der Waals surface area contributed by atoms with Crippen molar-refractivity contribution in [3.05, 3.63) is 65.1 Å². The van der Waals surface area contributed by atoms with Crippen molar-refractivity contribution in [1.29, 1.82) is 5.26 Å². The molecule has 0 saturated carbocycles. The summed E-state index contributed by atoms with van der Waals surface area (Å²) < 4.78 is 16.5. The maximum absolute atomic E-state index is 14.7. The summed E-state index contributed by atoms with van der Waals surface area (Å²) in [6, 6.07) is 12.2. The Labute approximate surface area is 210 Å². The number of rotatable bonds is 5. The molecule has 1 N–H and O–H groups in total. The molecular weight excluding hydrogens is 457 g/mol. The standard InChI is InChI=1S/C27H30FN7O/c1-30-22-9-11-35(12-10-22)27(33(2)3)32-26(19-5-6-20(15-29)24(28)14-19)23(17-36)18-7-8-25-21(13-18)16-31-34(25)4/h5-8,13-14,16-17,22,30H,9-12H2,1-4H3/b26-23+,32-27?. The minimum absolute atomic E-state index is 0.0616. The molecule has 1 aliphatic rings. The molecule has 0 unspecified atom stereocenters. The van der Waals surface area contributed by atoms with Gasteiger partial charge in [-0.2, -0.15) is 10.4 Å². The van der Waals surface area contributed by atoms with Crippen LogP contribution in [0.2, 0.25) is 0 Å². The number of hydrogen-bond donors (Lipinski definition) is 1. The first-order valence-corrected chi connectivity index (χ1v) is 11.9. The highest BCUT2D eigenvalue weighted by Crippen LogP contribution is 2.30. The Kier molecular flexibility index (Phi) is 7.46. The van der Waals surface area contributed by atoms with Crippen molar-refractivity contribution < 1.29 is 9.18 Å². The Hall–Kier alpha value is -4.03. The fourth-order valence-corrected chi connectivity index (χ4v) is 4.55. The zero-order valence-corrected chi connectivity index (χ0v) is 21.0. The highest BCUT2D eigenvalue weighted by atomic mass is 19.1. The maximum atomic E-state index is 14.7. The number of piperidine rings is 1. The molecule has 0 aliphatic carbocycles. The van der Waals surface area contributed by atoms with Crippen LogP contribution in [0.3, 0.4) is 0 Å². The van der Waals surface area contributed by atoms with Crippen LogP contribution in [0.4, 0.5) is 4.39 Å². The Morgan fingerprint density at radius 2 is 1.94 bits per heavy atom. The van der Waals surface area contributed by atoms with E-state index in [2.05, 4.69) is 15.3 Å². The van der Waals surface area contributed by atoms with Crippen LogP contribution in [0.25, 0.3) is 22.2 Å². The first-order valence-electron chi connectivity index (χ1n) is 11.9. The largest absolute Gasteiger partial charge is 0.349 e. The molecule has 2 heterocycles. The van der Waals surface area contributed by atoms with Gasteiger partial charge in [0.2, 0.25) is 5.96 Å². The van der Waals surface area contributed by atoms with Crippen molar-refractivity contribution in [2.24, 2.45) is 12.0 Å². The Morgan fingerprint density at radius 1 is 1.22 bits per heavy atom. The van der Waals surface area contributed by atoms with Crippen LogP contribution in [0.5, 0.6) is 0 Å². The van der Waals surface area contributed by atoms with E-state index in [0.29, 0.717) is 34.4 Å². The number of carbonyl (C=O) groups is 1. The SMILES string of the molecule is CNC1CCN(C(=N/C(=C(\C=O)c2ccc3c(cnn3C)c2)c2ccc(C#N)c(F)c2)N(C)C)CC1. The lowest BCUT2D eigenvalue weighted by molar-refractivity contribution is -0.103. The number of nitriles is 1. The minimum Gasteiger partial charge on any atom is -0.349 e. The number of benzene rings is 2. The van der Waals surface area contributed by atoms with E-state index in [9.17, 15) is 14.4 Å². The third-order valence-electron chi connectivity index (χ3n) is 6.59. The monoisotopic (exact) mass is 487 g/mol. The lowest BCUT2D eigenvalue weighted by atomic mass is 9.98. The van der Waals surface area contributed by atoms with E-state index in [0.717, 1.165) is 43.1 Å². The highest BCUT2D eigenvalue weighted by Gasteiger charge is 2.23. The number of guanidine groups is 1. The first-order chi connectivity index (χ1) is 17.4. The van der Waals surface area contributed by atoms with Gasteiger partial charge in [0.25, 0.3) is 0 Å². The molecule has 0 spiro atoms. The number of aliphatic imine (C=N–C) groups is 1. The third-order valence-corrected chi connectivity index (χ3v) is 6.59. The molecule has 2 aromatic carbocycles. The van der Waals surface area contributed by atoms with Gasteiger partial charge in [-0.3, -0.25) is 9.48 Å². The van der Waals surface area contributed by atoms with Crippen LogP contribution in [-0.4, -0.2) is 72.1 Å². The molecular formula is C27H30FN7O. The van der Waals surface area contributed by atoms with Crippen LogP contribution in [0.1, 0.15) is 29.5 Å². The van der Waals surface area contributed by atoms with Gasteiger partial charge in [-0.15, -0.1) is 0 Å². The van der Waals surface area contributed by atoms with Gasteiger partial charge < -0.3 is 15.1 Å². The zero-order chi connectivity index (χ0) is 25.8. The second-order valence-corrected chi connectivity index (χ2v) is 9.08. The average molecular weight is 488 g/mol. The normalized spacial score (nSPS) is 15.6. The predicted molar refractivity (Wildman–Crippen MR) is 139 cm³/mol. The Balaban J connectivity index is 1.91. The second-order valence-electron chi connectivity index (χ2n) is 9.08. The summed E-state index contributed by atoms with van der Waals surface area (Å²) >= 11 is 0. The van der Waals surface area contributed by atoms with E-state index >= 15 is 0 Å². The summed E-state index contributed by atoms with van der Waals surface area (Å²) in [5.41, 5.74) is 2.61. The number of likely N-dealkylation sites (tertiary alicyclic amines) is 1. The van der Waals surface area contributed by atoms with Gasteiger partial charge in [0.15, 0.2) is 6.29 Å². The fourth-order valence-electron chi connectivity index (χ4n) is 4.55. The van der Waals surface area contributed by atoms with Crippen LogP contribution in [-0.2, 0) is 11.8 Å². The Morgan fingerprint density at radius 3 is 2.56 bits per heavy atom. The van der Waals surface area contributed by atoms with Crippen LogP contribution < -0.4 is 5.32 Å². The highest BCUT2D eigenvalue weighted by molar-refractivity contribution is 6.18. The van der Waals surface area contributed by atoms with Crippen LogP contribution >= 0.6 is 0 Å². The zero-order valence-electron chi connectivity index (χ0n) is 21.0. The Bertz CT molecular complexity index is 1370. The average Bonchev–Trinajstić information content (AvgIpc) is 3.26. The molecule has 1 saturated heterocycles. The number of hydrogen-bond acceptors (Lipinski definition) is 5. The van der Waals surface area contributed by atoms with Gasteiger partial charge in [-0.25, -0.2) is 9.38 Å². The molecule has 186 valence electrons. The van der Waals surface area contributed by atoms with Crippen molar-refractivity contribution >= 4 is 34.4 Å². The van der Waals surface area contributed by atoms with E-state index in [1.807, 2.05) is 57.4 Å². The number of nitrogens with zero attached hydrogens (tertiary/aromatic N) is 6. The van der Waals surface area contributed by atoms with Crippen molar-refractivity contribution in [1.82, 2.24) is 24.9 Å². The molecule has 0 atom stereocenters.